The van der Waals surface area contributed by atoms with Crippen molar-refractivity contribution in [1.29, 1.82) is 0 Å². The maximum Gasteiger partial charge on any atom is 0.261 e. The van der Waals surface area contributed by atoms with Gasteiger partial charge in [-0.05, 0) is 85.1 Å². The molecule has 0 aliphatic carbocycles. The molecule has 33 heavy (non-hydrogen) atoms. The van der Waals surface area contributed by atoms with E-state index in [0.717, 1.165) is 16.7 Å². The highest BCUT2D eigenvalue weighted by Crippen LogP contribution is 2.24. The summed E-state index contributed by atoms with van der Waals surface area (Å²) in [6.45, 7) is 7.88. The van der Waals surface area contributed by atoms with Gasteiger partial charge in [0.05, 0.1) is 10.6 Å². The summed E-state index contributed by atoms with van der Waals surface area (Å²) in [5.74, 6) is 0.0624. The van der Waals surface area contributed by atoms with Gasteiger partial charge in [-0.2, -0.15) is 0 Å². The highest BCUT2D eigenvalue weighted by molar-refractivity contribution is 7.92. The minimum atomic E-state index is -3.75. The fourth-order valence-corrected chi connectivity index (χ4v) is 4.66. The molecule has 0 bridgehead atoms. The van der Waals surface area contributed by atoms with Crippen molar-refractivity contribution in [3.63, 3.8) is 0 Å². The van der Waals surface area contributed by atoms with E-state index in [1.165, 1.54) is 12.1 Å². The third kappa shape index (κ3) is 6.18. The molecule has 3 aromatic carbocycles. The molecule has 0 saturated heterocycles. The quantitative estimate of drug-likeness (QED) is 0.413. The summed E-state index contributed by atoms with van der Waals surface area (Å²) in [4.78, 5) is 12.5. The van der Waals surface area contributed by atoms with Gasteiger partial charge in [-0.25, -0.2) is 8.42 Å². The molecular weight excluding hydrogens is 454 g/mol. The first-order chi connectivity index (χ1) is 15.6. The maximum absolute atomic E-state index is 12.8. The summed E-state index contributed by atoms with van der Waals surface area (Å²) >= 11 is 5.23. The number of rotatable bonds is 6. The Morgan fingerprint density at radius 1 is 0.879 bits per heavy atom. The molecule has 3 aromatic rings. The molecule has 3 N–H and O–H groups in total. The lowest BCUT2D eigenvalue weighted by Crippen LogP contribution is -2.34. The molecule has 172 valence electrons. The first-order valence-electron chi connectivity index (χ1n) is 10.5. The van der Waals surface area contributed by atoms with Gasteiger partial charge in [0.1, 0.15) is 0 Å². The van der Waals surface area contributed by atoms with Gasteiger partial charge in [0.2, 0.25) is 0 Å². The van der Waals surface area contributed by atoms with Crippen LogP contribution in [0.1, 0.15) is 46.8 Å². The second-order valence-electron chi connectivity index (χ2n) is 8.08. The lowest BCUT2D eigenvalue weighted by Gasteiger charge is -2.14. The third-order valence-corrected chi connectivity index (χ3v) is 6.78. The van der Waals surface area contributed by atoms with Gasteiger partial charge in [0.15, 0.2) is 5.11 Å². The molecule has 0 aliphatic heterocycles. The predicted octanol–water partition coefficient (Wildman–Crippen LogP) is 5.35. The number of aryl methyl sites for hydroxylation is 2. The van der Waals surface area contributed by atoms with E-state index in [4.69, 9.17) is 12.2 Å². The second-order valence-corrected chi connectivity index (χ2v) is 10.2. The number of para-hydroxylation sites is 1. The van der Waals surface area contributed by atoms with Crippen molar-refractivity contribution in [2.45, 2.75) is 38.5 Å². The van der Waals surface area contributed by atoms with E-state index in [-0.39, 0.29) is 15.9 Å². The number of sulfonamides is 1. The summed E-state index contributed by atoms with van der Waals surface area (Å²) in [5, 5.41) is 5.66. The van der Waals surface area contributed by atoms with Gasteiger partial charge >= 0.3 is 0 Å². The lowest BCUT2D eigenvalue weighted by atomic mass is 10.0. The van der Waals surface area contributed by atoms with E-state index in [1.54, 1.807) is 24.3 Å². The fraction of sp³-hybridized carbons (Fsp3) is 0.200. The summed E-state index contributed by atoms with van der Waals surface area (Å²) in [6.07, 6.45) is 0. The molecule has 1 amide bonds. The summed E-state index contributed by atoms with van der Waals surface area (Å²) in [6, 6.07) is 19.1. The topological polar surface area (TPSA) is 87.3 Å². The zero-order valence-corrected chi connectivity index (χ0v) is 20.6. The van der Waals surface area contributed by atoms with E-state index in [1.807, 2.05) is 44.2 Å². The van der Waals surface area contributed by atoms with Crippen molar-refractivity contribution in [2.24, 2.45) is 0 Å². The van der Waals surface area contributed by atoms with Crippen LogP contribution in [0.4, 0.5) is 11.4 Å². The minimum Gasteiger partial charge on any atom is -0.332 e. The zero-order valence-electron chi connectivity index (χ0n) is 19.0. The summed E-state index contributed by atoms with van der Waals surface area (Å²) in [7, 11) is -3.75. The molecule has 0 radical (unpaired) electrons. The Morgan fingerprint density at radius 3 is 2.00 bits per heavy atom. The fourth-order valence-electron chi connectivity index (χ4n) is 3.24. The second kappa shape index (κ2) is 10.1. The molecule has 3 rings (SSSR count). The van der Waals surface area contributed by atoms with Crippen molar-refractivity contribution >= 4 is 44.6 Å². The minimum absolute atomic E-state index is 0.121. The smallest absolute Gasteiger partial charge is 0.261 e. The third-order valence-electron chi connectivity index (χ3n) is 5.21. The Balaban J connectivity index is 1.64. The van der Waals surface area contributed by atoms with Crippen LogP contribution >= 0.6 is 12.2 Å². The summed E-state index contributed by atoms with van der Waals surface area (Å²) < 4.78 is 28.2. The molecule has 0 spiro atoms. The number of benzene rings is 3. The van der Waals surface area contributed by atoms with Crippen molar-refractivity contribution in [2.75, 3.05) is 10.0 Å². The van der Waals surface area contributed by atoms with Gasteiger partial charge in [-0.1, -0.05) is 44.2 Å². The molecule has 0 saturated carbocycles. The van der Waals surface area contributed by atoms with E-state index < -0.39 is 10.0 Å². The van der Waals surface area contributed by atoms with E-state index in [9.17, 15) is 13.2 Å². The first-order valence-corrected chi connectivity index (χ1v) is 12.4. The molecule has 0 aromatic heterocycles. The van der Waals surface area contributed by atoms with E-state index in [0.29, 0.717) is 22.9 Å². The Kier molecular flexibility index (Phi) is 7.50. The monoisotopic (exact) mass is 481 g/mol. The van der Waals surface area contributed by atoms with Gasteiger partial charge in [0, 0.05) is 11.3 Å². The highest BCUT2D eigenvalue weighted by atomic mass is 32.2. The molecule has 0 aliphatic rings. The van der Waals surface area contributed by atoms with Crippen LogP contribution in [0.15, 0.2) is 71.6 Å². The van der Waals surface area contributed by atoms with Crippen LogP contribution in [0.25, 0.3) is 0 Å². The van der Waals surface area contributed by atoms with Gasteiger partial charge < -0.3 is 5.32 Å². The molecule has 0 unspecified atom stereocenters. The molecule has 0 fully saturated rings. The number of carbonyl (C=O) groups is 1. The van der Waals surface area contributed by atoms with Gasteiger partial charge in [-0.3, -0.25) is 14.8 Å². The van der Waals surface area contributed by atoms with Crippen LogP contribution in [-0.2, 0) is 10.0 Å². The summed E-state index contributed by atoms with van der Waals surface area (Å²) in [5.41, 5.74) is 4.47. The van der Waals surface area contributed by atoms with Gasteiger partial charge in [-0.15, -0.1) is 0 Å². The Morgan fingerprint density at radius 2 is 1.45 bits per heavy atom. The molecule has 6 nitrogen and oxygen atoms in total. The molecule has 0 atom stereocenters. The van der Waals surface area contributed by atoms with Crippen molar-refractivity contribution in [3.05, 3.63) is 89.0 Å². The van der Waals surface area contributed by atoms with E-state index in [2.05, 4.69) is 29.2 Å². The van der Waals surface area contributed by atoms with Crippen LogP contribution < -0.4 is 15.4 Å². The van der Waals surface area contributed by atoms with Crippen molar-refractivity contribution in [3.8, 4) is 0 Å². The Labute approximate surface area is 200 Å². The maximum atomic E-state index is 12.8. The molecule has 0 heterocycles. The highest BCUT2D eigenvalue weighted by Gasteiger charge is 2.17. The average molecular weight is 482 g/mol. The van der Waals surface area contributed by atoms with Crippen molar-refractivity contribution < 1.29 is 13.2 Å². The standard InChI is InChI=1S/C25H27N3O3S2/c1-16(2)19-8-10-20(11-9-19)24(29)27-25(32)26-21-12-14-22(15-13-21)33(30,31)28-23-17(3)6-5-7-18(23)4/h5-16,28H,1-4H3,(H2,26,27,29,32). The number of hydrogen-bond donors (Lipinski definition) is 3. The lowest BCUT2D eigenvalue weighted by molar-refractivity contribution is 0.0977. The predicted molar refractivity (Wildman–Crippen MR) is 137 cm³/mol. The van der Waals surface area contributed by atoms with Crippen LogP contribution in [0, 0.1) is 13.8 Å². The van der Waals surface area contributed by atoms with Gasteiger partial charge in [0.25, 0.3) is 15.9 Å². The molecule has 8 heteroatoms. The molecular formula is C25H27N3O3S2. The number of hydrogen-bond acceptors (Lipinski definition) is 4. The van der Waals surface area contributed by atoms with E-state index >= 15 is 0 Å². The zero-order chi connectivity index (χ0) is 24.2. The normalized spacial score (nSPS) is 11.2. The Hall–Kier alpha value is -3.23. The number of carbonyl (C=O) groups excluding carboxylic acids is 1. The van der Waals surface area contributed by atoms with Crippen LogP contribution in [0.3, 0.4) is 0 Å². The van der Waals surface area contributed by atoms with Crippen LogP contribution in [0.5, 0.6) is 0 Å². The number of nitrogens with one attached hydrogen (secondary N) is 3. The largest absolute Gasteiger partial charge is 0.332 e. The first kappa shape index (κ1) is 24.4. The average Bonchev–Trinajstić information content (AvgIpc) is 2.76. The number of anilines is 2. The van der Waals surface area contributed by atoms with Crippen molar-refractivity contribution in [1.82, 2.24) is 5.32 Å². The van der Waals surface area contributed by atoms with Crippen LogP contribution in [-0.4, -0.2) is 19.4 Å². The number of thiocarbonyl (C=S) groups is 1. The SMILES string of the molecule is Cc1cccc(C)c1NS(=O)(=O)c1ccc(NC(=S)NC(=O)c2ccc(C(C)C)cc2)cc1. The van der Waals surface area contributed by atoms with Crippen LogP contribution in [0.2, 0.25) is 0 Å². The number of amides is 1. The Bertz CT molecular complexity index is 1250.